The molecule has 0 atom stereocenters. The Labute approximate surface area is 286 Å². The molecule has 0 bridgehead atoms. The van der Waals surface area contributed by atoms with E-state index in [1.54, 1.807) is 0 Å². The Kier molecular flexibility index (Phi) is 7.13. The quantitative estimate of drug-likeness (QED) is 0.168. The molecule has 0 aliphatic rings. The zero-order valence-electron chi connectivity index (χ0n) is 27.3. The molecule has 8 aromatic carbocycles. The van der Waals surface area contributed by atoms with E-state index in [2.05, 4.69) is 181 Å². The van der Waals surface area contributed by atoms with Crippen molar-refractivity contribution in [3.05, 3.63) is 181 Å². The standard InChI is InChI=1S/C47H34N2/c1-2-32-22-28-39-41(30-32)45(34-14-6-3-7-15-34)40-29-25-37(31-42(40)46(39)35-16-8-4-9-17-35)33-23-26-38(27-24-33)49-44-21-13-12-20-43(44)48-47(49)36-18-10-5-11-19-36/h3-31H,2H2,1H3. The van der Waals surface area contributed by atoms with Crippen molar-refractivity contribution in [1.82, 2.24) is 9.55 Å². The van der Waals surface area contributed by atoms with Gasteiger partial charge in [-0.1, -0.05) is 153 Å². The summed E-state index contributed by atoms with van der Waals surface area (Å²) in [6, 6.07) is 63.5. The van der Waals surface area contributed by atoms with Crippen molar-refractivity contribution in [2.24, 2.45) is 0 Å². The largest absolute Gasteiger partial charge is 0.292 e. The van der Waals surface area contributed by atoms with Crippen LogP contribution >= 0.6 is 0 Å². The van der Waals surface area contributed by atoms with Gasteiger partial charge >= 0.3 is 0 Å². The van der Waals surface area contributed by atoms with Gasteiger partial charge in [-0.05, 0) is 97.2 Å². The average molecular weight is 627 g/mol. The second kappa shape index (κ2) is 12.1. The summed E-state index contributed by atoms with van der Waals surface area (Å²) >= 11 is 0. The van der Waals surface area contributed by atoms with Crippen molar-refractivity contribution in [2.75, 3.05) is 0 Å². The van der Waals surface area contributed by atoms with Gasteiger partial charge in [0.2, 0.25) is 0 Å². The molecular weight excluding hydrogens is 593 g/mol. The Morgan fingerprint density at radius 1 is 0.429 bits per heavy atom. The minimum absolute atomic E-state index is 0.944. The first-order valence-electron chi connectivity index (χ1n) is 17.0. The first-order chi connectivity index (χ1) is 24.3. The van der Waals surface area contributed by atoms with Crippen LogP contribution in [0.5, 0.6) is 0 Å². The molecule has 2 heteroatoms. The Balaban J connectivity index is 1.25. The summed E-state index contributed by atoms with van der Waals surface area (Å²) in [5, 5.41) is 5.11. The number of rotatable bonds is 6. The van der Waals surface area contributed by atoms with Crippen LogP contribution in [0.3, 0.4) is 0 Å². The highest BCUT2D eigenvalue weighted by molar-refractivity contribution is 6.22. The maximum absolute atomic E-state index is 5.04. The molecule has 49 heavy (non-hydrogen) atoms. The Morgan fingerprint density at radius 2 is 0.959 bits per heavy atom. The molecule has 0 amide bonds. The van der Waals surface area contributed by atoms with Crippen molar-refractivity contribution >= 4 is 32.6 Å². The molecule has 0 unspecified atom stereocenters. The summed E-state index contributed by atoms with van der Waals surface area (Å²) in [7, 11) is 0. The number of aryl methyl sites for hydroxylation is 1. The topological polar surface area (TPSA) is 17.8 Å². The van der Waals surface area contributed by atoms with Gasteiger partial charge in [0.05, 0.1) is 11.0 Å². The molecule has 0 saturated heterocycles. The SMILES string of the molecule is CCc1ccc2c(-c3ccccc3)c3cc(-c4ccc(-n5c(-c6ccccc6)nc6ccccc65)cc4)ccc3c(-c3ccccc3)c2c1. The predicted molar refractivity (Wildman–Crippen MR) is 207 cm³/mol. The van der Waals surface area contributed by atoms with E-state index in [4.69, 9.17) is 4.98 Å². The highest BCUT2D eigenvalue weighted by Gasteiger charge is 2.19. The Bertz CT molecular complexity index is 2600. The second-order valence-electron chi connectivity index (χ2n) is 12.6. The molecule has 0 spiro atoms. The smallest absolute Gasteiger partial charge is 0.145 e. The third-order valence-electron chi connectivity index (χ3n) is 9.77. The molecule has 0 aliphatic heterocycles. The van der Waals surface area contributed by atoms with Gasteiger partial charge in [-0.2, -0.15) is 0 Å². The number of para-hydroxylation sites is 2. The van der Waals surface area contributed by atoms with Crippen molar-refractivity contribution < 1.29 is 0 Å². The predicted octanol–water partition coefficient (Wildman–Crippen LogP) is 12.6. The van der Waals surface area contributed by atoms with Crippen LogP contribution in [0.2, 0.25) is 0 Å². The fourth-order valence-electron chi connectivity index (χ4n) is 7.38. The van der Waals surface area contributed by atoms with E-state index in [-0.39, 0.29) is 0 Å². The molecule has 0 fully saturated rings. The van der Waals surface area contributed by atoms with Gasteiger partial charge < -0.3 is 0 Å². The van der Waals surface area contributed by atoms with Gasteiger partial charge in [0.15, 0.2) is 0 Å². The lowest BCUT2D eigenvalue weighted by Gasteiger charge is -2.19. The van der Waals surface area contributed by atoms with Crippen LogP contribution in [0.1, 0.15) is 12.5 Å². The fourth-order valence-corrected chi connectivity index (χ4v) is 7.38. The van der Waals surface area contributed by atoms with E-state index in [1.807, 2.05) is 6.07 Å². The highest BCUT2D eigenvalue weighted by atomic mass is 15.1. The van der Waals surface area contributed by atoms with Gasteiger partial charge in [-0.3, -0.25) is 4.57 Å². The van der Waals surface area contributed by atoms with Gasteiger partial charge in [0.25, 0.3) is 0 Å². The fraction of sp³-hybridized carbons (Fsp3) is 0.0426. The minimum atomic E-state index is 0.944. The van der Waals surface area contributed by atoms with Crippen LogP contribution in [-0.4, -0.2) is 9.55 Å². The Morgan fingerprint density at radius 3 is 1.59 bits per heavy atom. The lowest BCUT2D eigenvalue weighted by atomic mass is 9.84. The molecule has 0 radical (unpaired) electrons. The van der Waals surface area contributed by atoms with Gasteiger partial charge in [0.1, 0.15) is 5.82 Å². The van der Waals surface area contributed by atoms with Crippen LogP contribution in [0.25, 0.3) is 83.0 Å². The van der Waals surface area contributed by atoms with E-state index >= 15 is 0 Å². The number of aromatic nitrogens is 2. The molecule has 0 saturated carbocycles. The maximum Gasteiger partial charge on any atom is 0.145 e. The summed E-state index contributed by atoms with van der Waals surface area (Å²) in [6.07, 6.45) is 1.000. The monoisotopic (exact) mass is 626 g/mol. The molecule has 9 aromatic rings. The molecule has 2 nitrogen and oxygen atoms in total. The van der Waals surface area contributed by atoms with Crippen LogP contribution in [0, 0.1) is 0 Å². The number of hydrogen-bond donors (Lipinski definition) is 0. The van der Waals surface area contributed by atoms with Gasteiger partial charge in [0, 0.05) is 11.3 Å². The number of nitrogens with zero attached hydrogens (tertiary/aromatic N) is 2. The molecule has 0 aliphatic carbocycles. The molecule has 1 heterocycles. The van der Waals surface area contributed by atoms with Gasteiger partial charge in [-0.25, -0.2) is 4.98 Å². The average Bonchev–Trinajstić information content (AvgIpc) is 3.57. The van der Waals surface area contributed by atoms with Gasteiger partial charge in [-0.15, -0.1) is 0 Å². The number of fused-ring (bicyclic) bond motifs is 3. The van der Waals surface area contributed by atoms with Crippen molar-refractivity contribution in [2.45, 2.75) is 13.3 Å². The zero-order valence-corrected chi connectivity index (χ0v) is 27.3. The molecule has 0 N–H and O–H groups in total. The molecule has 232 valence electrons. The van der Waals surface area contributed by atoms with E-state index in [0.29, 0.717) is 0 Å². The summed E-state index contributed by atoms with van der Waals surface area (Å²) in [6.45, 7) is 2.23. The number of imidazole rings is 1. The lowest BCUT2D eigenvalue weighted by Crippen LogP contribution is -1.97. The zero-order chi connectivity index (χ0) is 32.7. The molecular formula is C47H34N2. The summed E-state index contributed by atoms with van der Waals surface area (Å²) in [4.78, 5) is 5.04. The summed E-state index contributed by atoms with van der Waals surface area (Å²) < 4.78 is 2.27. The minimum Gasteiger partial charge on any atom is -0.292 e. The molecule has 1 aromatic heterocycles. The van der Waals surface area contributed by atoms with Crippen LogP contribution < -0.4 is 0 Å². The van der Waals surface area contributed by atoms with E-state index in [9.17, 15) is 0 Å². The first-order valence-corrected chi connectivity index (χ1v) is 17.0. The van der Waals surface area contributed by atoms with E-state index in [0.717, 1.165) is 34.5 Å². The van der Waals surface area contributed by atoms with E-state index in [1.165, 1.54) is 60.5 Å². The number of hydrogen-bond acceptors (Lipinski definition) is 1. The Hall–Kier alpha value is -6.25. The van der Waals surface area contributed by atoms with Crippen molar-refractivity contribution in [3.63, 3.8) is 0 Å². The third-order valence-corrected chi connectivity index (χ3v) is 9.77. The van der Waals surface area contributed by atoms with Crippen molar-refractivity contribution in [1.29, 1.82) is 0 Å². The summed E-state index contributed by atoms with van der Waals surface area (Å²) in [5.74, 6) is 0.944. The second-order valence-corrected chi connectivity index (χ2v) is 12.6. The highest BCUT2D eigenvalue weighted by Crippen LogP contribution is 2.45. The number of benzene rings is 8. The molecule has 9 rings (SSSR count). The van der Waals surface area contributed by atoms with Crippen LogP contribution in [-0.2, 0) is 6.42 Å². The first kappa shape index (κ1) is 28.9. The summed E-state index contributed by atoms with van der Waals surface area (Å²) in [5.41, 5.74) is 13.0. The normalized spacial score (nSPS) is 11.4. The third kappa shape index (κ3) is 5.01. The van der Waals surface area contributed by atoms with E-state index < -0.39 is 0 Å². The van der Waals surface area contributed by atoms with Crippen molar-refractivity contribution in [3.8, 4) is 50.5 Å². The van der Waals surface area contributed by atoms with Crippen LogP contribution in [0.4, 0.5) is 0 Å². The van der Waals surface area contributed by atoms with Crippen LogP contribution in [0.15, 0.2) is 176 Å². The lowest BCUT2D eigenvalue weighted by molar-refractivity contribution is 1.10. The maximum atomic E-state index is 5.04.